The Bertz CT molecular complexity index is 314. The van der Waals surface area contributed by atoms with E-state index in [0.717, 1.165) is 18.2 Å². The summed E-state index contributed by atoms with van der Waals surface area (Å²) < 4.78 is 0. The zero-order valence-corrected chi connectivity index (χ0v) is 9.92. The van der Waals surface area contributed by atoms with Crippen LogP contribution in [0.5, 0.6) is 0 Å². The van der Waals surface area contributed by atoms with Gasteiger partial charge in [0.15, 0.2) is 0 Å². The summed E-state index contributed by atoms with van der Waals surface area (Å²) in [6, 6.07) is 0.205. The zero-order valence-electron chi connectivity index (χ0n) is 9.92. The zero-order chi connectivity index (χ0) is 12.0. The van der Waals surface area contributed by atoms with Crippen LogP contribution in [-0.4, -0.2) is 35.0 Å². The minimum absolute atomic E-state index is 0.128. The molecule has 17 heavy (non-hydrogen) atoms. The lowest BCUT2D eigenvalue weighted by molar-refractivity contribution is -0.147. The van der Waals surface area contributed by atoms with Crippen molar-refractivity contribution < 1.29 is 14.7 Å². The van der Waals surface area contributed by atoms with Gasteiger partial charge in [-0.05, 0) is 55.8 Å². The molecule has 0 aromatic heterocycles. The molecule has 1 amide bonds. The van der Waals surface area contributed by atoms with Crippen LogP contribution in [0.15, 0.2) is 0 Å². The van der Waals surface area contributed by atoms with Gasteiger partial charge in [0.2, 0.25) is 6.41 Å². The number of hydrogen-bond acceptors (Lipinski definition) is 2. The molecule has 0 saturated heterocycles. The highest BCUT2D eigenvalue weighted by molar-refractivity contribution is 5.72. The van der Waals surface area contributed by atoms with E-state index < -0.39 is 5.97 Å². The SMILES string of the molecule is O=CN(CC(=O)O)C1C2CC3CC(C2)CC1C3. The average molecular weight is 237 g/mol. The van der Waals surface area contributed by atoms with Gasteiger partial charge in [-0.3, -0.25) is 9.59 Å². The van der Waals surface area contributed by atoms with Crippen LogP contribution in [0.4, 0.5) is 0 Å². The Hall–Kier alpha value is -1.06. The summed E-state index contributed by atoms with van der Waals surface area (Å²) in [5, 5.41) is 8.87. The van der Waals surface area contributed by atoms with Crippen LogP contribution in [0, 0.1) is 23.7 Å². The number of carboxylic acid groups (broad SMARTS) is 1. The highest BCUT2D eigenvalue weighted by Gasteiger charge is 2.50. The lowest BCUT2D eigenvalue weighted by atomic mass is 9.54. The number of aliphatic carboxylic acids is 1. The number of amides is 1. The molecule has 4 nitrogen and oxygen atoms in total. The van der Waals surface area contributed by atoms with Crippen LogP contribution in [0.25, 0.3) is 0 Å². The second-order valence-electron chi connectivity index (χ2n) is 6.09. The van der Waals surface area contributed by atoms with Crippen LogP contribution in [-0.2, 0) is 9.59 Å². The third-order valence-corrected chi connectivity index (χ3v) is 5.01. The maximum atomic E-state index is 11.1. The molecule has 4 fully saturated rings. The summed E-state index contributed by atoms with van der Waals surface area (Å²) >= 11 is 0. The molecular formula is C13H19NO3. The molecule has 4 bridgehead atoms. The largest absolute Gasteiger partial charge is 0.480 e. The summed E-state index contributed by atoms with van der Waals surface area (Å²) in [6.07, 6.45) is 6.97. The number of carbonyl (C=O) groups excluding carboxylic acids is 1. The van der Waals surface area contributed by atoms with E-state index >= 15 is 0 Å². The van der Waals surface area contributed by atoms with Crippen LogP contribution >= 0.6 is 0 Å². The Morgan fingerprint density at radius 1 is 1.12 bits per heavy atom. The van der Waals surface area contributed by atoms with E-state index in [-0.39, 0.29) is 12.6 Å². The van der Waals surface area contributed by atoms with Crippen molar-refractivity contribution in [3.8, 4) is 0 Å². The molecule has 0 unspecified atom stereocenters. The first-order valence-corrected chi connectivity index (χ1v) is 6.60. The first-order valence-electron chi connectivity index (χ1n) is 6.60. The van der Waals surface area contributed by atoms with E-state index in [1.807, 2.05) is 0 Å². The molecule has 4 saturated carbocycles. The van der Waals surface area contributed by atoms with Gasteiger partial charge < -0.3 is 10.0 Å². The number of carbonyl (C=O) groups is 2. The topological polar surface area (TPSA) is 57.6 Å². The fourth-order valence-electron chi connectivity index (χ4n) is 4.81. The van der Waals surface area contributed by atoms with Gasteiger partial charge in [-0.2, -0.15) is 0 Å². The molecule has 94 valence electrons. The molecule has 0 aromatic carbocycles. The van der Waals surface area contributed by atoms with Crippen molar-refractivity contribution in [2.75, 3.05) is 6.54 Å². The van der Waals surface area contributed by atoms with Gasteiger partial charge in [0.25, 0.3) is 0 Å². The molecule has 1 N–H and O–H groups in total. The molecule has 4 heteroatoms. The van der Waals surface area contributed by atoms with Gasteiger partial charge in [-0.15, -0.1) is 0 Å². The maximum Gasteiger partial charge on any atom is 0.323 e. The highest BCUT2D eigenvalue weighted by Crippen LogP contribution is 2.54. The van der Waals surface area contributed by atoms with E-state index in [1.165, 1.54) is 32.1 Å². The van der Waals surface area contributed by atoms with Crippen molar-refractivity contribution in [2.24, 2.45) is 23.7 Å². The van der Waals surface area contributed by atoms with Gasteiger partial charge in [-0.1, -0.05) is 0 Å². The molecule has 0 spiro atoms. The third kappa shape index (κ3) is 1.83. The fourth-order valence-corrected chi connectivity index (χ4v) is 4.81. The second kappa shape index (κ2) is 4.00. The Morgan fingerprint density at radius 2 is 1.65 bits per heavy atom. The lowest BCUT2D eigenvalue weighted by Crippen LogP contribution is -2.56. The van der Waals surface area contributed by atoms with E-state index in [0.29, 0.717) is 11.8 Å². The average Bonchev–Trinajstić information content (AvgIpc) is 2.25. The molecule has 4 rings (SSSR count). The summed E-state index contributed by atoms with van der Waals surface area (Å²) in [6.45, 7) is -0.128. The predicted octanol–water partition coefficient (Wildman–Crippen LogP) is 1.35. The Morgan fingerprint density at radius 3 is 2.06 bits per heavy atom. The fraction of sp³-hybridized carbons (Fsp3) is 0.846. The quantitative estimate of drug-likeness (QED) is 0.751. The van der Waals surface area contributed by atoms with Crippen LogP contribution in [0.1, 0.15) is 32.1 Å². The van der Waals surface area contributed by atoms with Crippen molar-refractivity contribution in [3.63, 3.8) is 0 Å². The van der Waals surface area contributed by atoms with Crippen LogP contribution < -0.4 is 0 Å². The van der Waals surface area contributed by atoms with E-state index in [1.54, 1.807) is 4.90 Å². The van der Waals surface area contributed by atoms with E-state index in [2.05, 4.69) is 0 Å². The normalized spacial score (nSPS) is 42.5. The number of hydrogen-bond donors (Lipinski definition) is 1. The minimum Gasteiger partial charge on any atom is -0.480 e. The van der Waals surface area contributed by atoms with Gasteiger partial charge in [0.1, 0.15) is 6.54 Å². The number of carboxylic acids is 1. The Kier molecular flexibility index (Phi) is 2.60. The van der Waals surface area contributed by atoms with Crippen molar-refractivity contribution in [2.45, 2.75) is 38.1 Å². The molecular weight excluding hydrogens is 218 g/mol. The van der Waals surface area contributed by atoms with Crippen molar-refractivity contribution in [3.05, 3.63) is 0 Å². The van der Waals surface area contributed by atoms with E-state index in [4.69, 9.17) is 5.11 Å². The lowest BCUT2D eigenvalue weighted by Gasteiger charge is -2.56. The summed E-state index contributed by atoms with van der Waals surface area (Å²) in [5.74, 6) is 1.94. The monoisotopic (exact) mass is 237 g/mol. The van der Waals surface area contributed by atoms with Crippen LogP contribution in [0.3, 0.4) is 0 Å². The summed E-state index contributed by atoms with van der Waals surface area (Å²) in [4.78, 5) is 23.5. The maximum absolute atomic E-state index is 11.1. The third-order valence-electron chi connectivity index (χ3n) is 5.01. The molecule has 4 aliphatic carbocycles. The molecule has 0 radical (unpaired) electrons. The van der Waals surface area contributed by atoms with E-state index in [9.17, 15) is 9.59 Å². The smallest absolute Gasteiger partial charge is 0.323 e. The summed E-state index contributed by atoms with van der Waals surface area (Å²) in [7, 11) is 0. The minimum atomic E-state index is -0.897. The Balaban J connectivity index is 1.78. The van der Waals surface area contributed by atoms with Gasteiger partial charge in [0.05, 0.1) is 0 Å². The van der Waals surface area contributed by atoms with Crippen molar-refractivity contribution in [1.29, 1.82) is 0 Å². The number of rotatable bonds is 4. The van der Waals surface area contributed by atoms with Crippen molar-refractivity contribution in [1.82, 2.24) is 4.90 Å². The van der Waals surface area contributed by atoms with Gasteiger partial charge in [0, 0.05) is 6.04 Å². The van der Waals surface area contributed by atoms with Gasteiger partial charge in [-0.25, -0.2) is 0 Å². The number of nitrogens with zero attached hydrogens (tertiary/aromatic N) is 1. The summed E-state index contributed by atoms with van der Waals surface area (Å²) in [5.41, 5.74) is 0. The van der Waals surface area contributed by atoms with Crippen molar-refractivity contribution >= 4 is 12.4 Å². The van der Waals surface area contributed by atoms with Gasteiger partial charge >= 0.3 is 5.97 Å². The molecule has 0 aliphatic heterocycles. The van der Waals surface area contributed by atoms with Crippen LogP contribution in [0.2, 0.25) is 0 Å². The molecule has 0 heterocycles. The molecule has 0 atom stereocenters. The highest BCUT2D eigenvalue weighted by atomic mass is 16.4. The first kappa shape index (κ1) is 11.1. The molecule has 0 aromatic rings. The Labute approximate surface area is 101 Å². The second-order valence-corrected chi connectivity index (χ2v) is 6.09. The standard InChI is InChI=1S/C13H19NO3/c15-7-14(6-12(16)17)13-10-2-8-1-9(4-10)5-11(13)3-8/h7-11,13H,1-6H2,(H,16,17). The molecule has 4 aliphatic rings. The first-order chi connectivity index (χ1) is 8.17. The predicted molar refractivity (Wildman–Crippen MR) is 61.2 cm³/mol.